The van der Waals surface area contributed by atoms with Crippen molar-refractivity contribution >= 4 is 19.7 Å². The number of hydrogen-bond donors (Lipinski definition) is 0. The van der Waals surface area contributed by atoms with Gasteiger partial charge in [-0.3, -0.25) is 0 Å². The summed E-state index contributed by atoms with van der Waals surface area (Å²) in [5.41, 5.74) is 0. The maximum atomic E-state index is 6.40. The van der Waals surface area contributed by atoms with Crippen LogP contribution in [0, 0.1) is 0 Å². The maximum Gasteiger partial charge on any atom is 0.192 e. The standard InChI is InChI=1S/C14H26O2SSi/c1-11(16-18(6,7)14(2,3)4)13(15-5)12-9-8-10-17-12/h8-11,13H,1-7H3/t11-,13+/m1/s1. The lowest BCUT2D eigenvalue weighted by Gasteiger charge is -2.40. The third-order valence-electron chi connectivity index (χ3n) is 3.79. The second kappa shape index (κ2) is 5.86. The molecule has 0 aliphatic rings. The molecule has 0 radical (unpaired) electrons. The van der Waals surface area contributed by atoms with Crippen molar-refractivity contribution in [3.63, 3.8) is 0 Å². The summed E-state index contributed by atoms with van der Waals surface area (Å²) in [6.07, 6.45) is 0.133. The Morgan fingerprint density at radius 3 is 2.28 bits per heavy atom. The minimum absolute atomic E-state index is 0.0409. The van der Waals surface area contributed by atoms with Gasteiger partial charge >= 0.3 is 0 Å². The zero-order chi connectivity index (χ0) is 14.0. The van der Waals surface area contributed by atoms with Gasteiger partial charge in [-0.25, -0.2) is 0 Å². The Hall–Kier alpha value is -0.163. The number of methoxy groups -OCH3 is 1. The molecule has 1 rings (SSSR count). The van der Waals surface area contributed by atoms with Gasteiger partial charge in [0, 0.05) is 12.0 Å². The predicted molar refractivity (Wildman–Crippen MR) is 81.8 cm³/mol. The Morgan fingerprint density at radius 2 is 1.89 bits per heavy atom. The highest BCUT2D eigenvalue weighted by Crippen LogP contribution is 2.39. The topological polar surface area (TPSA) is 18.5 Å². The van der Waals surface area contributed by atoms with E-state index in [-0.39, 0.29) is 17.2 Å². The van der Waals surface area contributed by atoms with Crippen LogP contribution in [0.25, 0.3) is 0 Å². The molecule has 0 amide bonds. The maximum absolute atomic E-state index is 6.40. The first kappa shape index (κ1) is 15.9. The Labute approximate surface area is 116 Å². The van der Waals surface area contributed by atoms with Crippen LogP contribution in [0.3, 0.4) is 0 Å². The van der Waals surface area contributed by atoms with Crippen molar-refractivity contribution in [3.8, 4) is 0 Å². The van der Waals surface area contributed by atoms with E-state index in [1.165, 1.54) is 4.88 Å². The first-order valence-electron chi connectivity index (χ1n) is 6.43. The number of ether oxygens (including phenoxy) is 1. The van der Waals surface area contributed by atoms with Crippen molar-refractivity contribution in [2.75, 3.05) is 7.11 Å². The van der Waals surface area contributed by atoms with Crippen molar-refractivity contribution in [2.45, 2.75) is 58.0 Å². The highest BCUT2D eigenvalue weighted by molar-refractivity contribution is 7.10. The van der Waals surface area contributed by atoms with Gasteiger partial charge in [0.25, 0.3) is 0 Å². The van der Waals surface area contributed by atoms with Crippen molar-refractivity contribution in [3.05, 3.63) is 22.4 Å². The molecule has 0 unspecified atom stereocenters. The van der Waals surface area contributed by atoms with Crippen LogP contribution in [-0.2, 0) is 9.16 Å². The number of thiophene rings is 1. The van der Waals surface area contributed by atoms with E-state index in [4.69, 9.17) is 9.16 Å². The highest BCUT2D eigenvalue weighted by Gasteiger charge is 2.40. The van der Waals surface area contributed by atoms with Gasteiger partial charge in [0.2, 0.25) is 0 Å². The molecule has 104 valence electrons. The third-order valence-corrected chi connectivity index (χ3v) is 9.30. The number of rotatable bonds is 5. The average Bonchev–Trinajstić information content (AvgIpc) is 2.69. The zero-order valence-corrected chi connectivity index (χ0v) is 14.4. The Bertz CT molecular complexity index is 354. The SMILES string of the molecule is CO[C@H](c1cccs1)[C@@H](C)O[Si](C)(C)C(C)(C)C. The molecular weight excluding hydrogens is 260 g/mol. The Morgan fingerprint density at radius 1 is 1.28 bits per heavy atom. The van der Waals surface area contributed by atoms with Gasteiger partial charge < -0.3 is 9.16 Å². The minimum atomic E-state index is -1.73. The molecule has 0 spiro atoms. The quantitative estimate of drug-likeness (QED) is 0.721. The van der Waals surface area contributed by atoms with Crippen LogP contribution in [0.5, 0.6) is 0 Å². The van der Waals surface area contributed by atoms with E-state index < -0.39 is 8.32 Å². The molecule has 0 aliphatic carbocycles. The summed E-state index contributed by atoms with van der Waals surface area (Å²) in [7, 11) is 0.0249. The normalized spacial score (nSPS) is 16.6. The second-order valence-electron chi connectivity index (χ2n) is 6.26. The van der Waals surface area contributed by atoms with Crippen LogP contribution in [0.15, 0.2) is 17.5 Å². The summed E-state index contributed by atoms with van der Waals surface area (Å²) in [6, 6.07) is 4.18. The monoisotopic (exact) mass is 286 g/mol. The summed E-state index contributed by atoms with van der Waals surface area (Å²) in [6.45, 7) is 13.5. The summed E-state index contributed by atoms with van der Waals surface area (Å²) >= 11 is 1.73. The minimum Gasteiger partial charge on any atom is -0.411 e. The van der Waals surface area contributed by atoms with Crippen molar-refractivity contribution < 1.29 is 9.16 Å². The number of hydrogen-bond acceptors (Lipinski definition) is 3. The molecule has 0 saturated carbocycles. The van der Waals surface area contributed by atoms with Gasteiger partial charge in [-0.1, -0.05) is 26.8 Å². The van der Waals surface area contributed by atoms with E-state index in [0.29, 0.717) is 0 Å². The fourth-order valence-corrected chi connectivity index (χ4v) is 4.00. The van der Waals surface area contributed by atoms with Crippen LogP contribution >= 0.6 is 11.3 Å². The fourth-order valence-electron chi connectivity index (χ4n) is 1.70. The Balaban J connectivity index is 2.78. The van der Waals surface area contributed by atoms with E-state index in [9.17, 15) is 0 Å². The molecule has 2 atom stereocenters. The van der Waals surface area contributed by atoms with Gasteiger partial charge in [0.1, 0.15) is 6.10 Å². The van der Waals surface area contributed by atoms with Gasteiger partial charge in [-0.2, -0.15) is 0 Å². The van der Waals surface area contributed by atoms with E-state index in [0.717, 1.165) is 0 Å². The largest absolute Gasteiger partial charge is 0.411 e. The molecule has 2 nitrogen and oxygen atoms in total. The van der Waals surface area contributed by atoms with Crippen LogP contribution in [0.2, 0.25) is 18.1 Å². The van der Waals surface area contributed by atoms with Crippen LogP contribution in [0.1, 0.15) is 38.7 Å². The Kier molecular flexibility index (Phi) is 5.18. The lowest BCUT2D eigenvalue weighted by molar-refractivity contribution is 0.00513. The molecule has 0 saturated heterocycles. The molecule has 1 aromatic rings. The molecule has 0 aromatic carbocycles. The first-order chi connectivity index (χ1) is 8.19. The smallest absolute Gasteiger partial charge is 0.192 e. The van der Waals surface area contributed by atoms with Gasteiger partial charge in [0.15, 0.2) is 8.32 Å². The van der Waals surface area contributed by atoms with Crippen LogP contribution in [-0.4, -0.2) is 21.5 Å². The van der Waals surface area contributed by atoms with Crippen molar-refractivity contribution in [1.82, 2.24) is 0 Å². The predicted octanol–water partition coefficient (Wildman–Crippen LogP) is 4.85. The summed E-state index contributed by atoms with van der Waals surface area (Å²) < 4.78 is 12.0. The van der Waals surface area contributed by atoms with Gasteiger partial charge in [-0.05, 0) is 36.5 Å². The molecule has 18 heavy (non-hydrogen) atoms. The molecule has 4 heteroatoms. The van der Waals surface area contributed by atoms with Crippen molar-refractivity contribution in [1.29, 1.82) is 0 Å². The fraction of sp³-hybridized carbons (Fsp3) is 0.714. The zero-order valence-electron chi connectivity index (χ0n) is 12.6. The van der Waals surface area contributed by atoms with E-state index in [2.05, 4.69) is 58.3 Å². The van der Waals surface area contributed by atoms with Crippen molar-refractivity contribution in [2.24, 2.45) is 0 Å². The summed E-state index contributed by atoms with van der Waals surface area (Å²) in [4.78, 5) is 1.24. The highest BCUT2D eigenvalue weighted by atomic mass is 32.1. The lowest BCUT2D eigenvalue weighted by atomic mass is 10.2. The lowest BCUT2D eigenvalue weighted by Crippen LogP contribution is -2.44. The first-order valence-corrected chi connectivity index (χ1v) is 10.2. The molecule has 0 aliphatic heterocycles. The summed E-state index contributed by atoms with van der Waals surface area (Å²) in [5.74, 6) is 0. The molecule has 0 bridgehead atoms. The molecule has 1 heterocycles. The summed E-state index contributed by atoms with van der Waals surface area (Å²) in [5, 5.41) is 2.31. The second-order valence-corrected chi connectivity index (χ2v) is 12.0. The average molecular weight is 287 g/mol. The molecule has 0 N–H and O–H groups in total. The third kappa shape index (κ3) is 3.67. The van der Waals surface area contributed by atoms with Gasteiger partial charge in [0.05, 0.1) is 6.10 Å². The molecular formula is C14H26O2SSi. The van der Waals surface area contributed by atoms with Crippen LogP contribution in [0.4, 0.5) is 0 Å². The van der Waals surface area contributed by atoms with E-state index >= 15 is 0 Å². The van der Waals surface area contributed by atoms with E-state index in [1.807, 2.05) is 0 Å². The molecule has 1 aromatic heterocycles. The van der Waals surface area contributed by atoms with Gasteiger partial charge in [-0.15, -0.1) is 11.3 Å². The van der Waals surface area contributed by atoms with Crippen LogP contribution < -0.4 is 0 Å². The molecule has 0 fully saturated rings. The van der Waals surface area contributed by atoms with E-state index in [1.54, 1.807) is 18.4 Å².